The lowest BCUT2D eigenvalue weighted by Gasteiger charge is -2.32. The molecule has 7 nitrogen and oxygen atoms in total. The van der Waals surface area contributed by atoms with E-state index in [1.54, 1.807) is 28.0 Å². The number of halogens is 2. The van der Waals surface area contributed by atoms with Crippen molar-refractivity contribution in [3.05, 3.63) is 75.5 Å². The maximum absolute atomic E-state index is 14.4. The lowest BCUT2D eigenvalue weighted by atomic mass is 10.0. The monoisotopic (exact) mass is 458 g/mol. The molecule has 32 heavy (non-hydrogen) atoms. The molecule has 1 aromatic heterocycles. The average molecular weight is 459 g/mol. The Morgan fingerprint density at radius 2 is 1.81 bits per heavy atom. The van der Waals surface area contributed by atoms with Crippen molar-refractivity contribution >= 4 is 34.7 Å². The number of rotatable bonds is 4. The molecule has 2 aromatic carbocycles. The number of amides is 2. The first-order valence-corrected chi connectivity index (χ1v) is 10.8. The van der Waals surface area contributed by atoms with E-state index in [2.05, 4.69) is 10.2 Å². The van der Waals surface area contributed by atoms with Crippen molar-refractivity contribution in [1.29, 1.82) is 0 Å². The van der Waals surface area contributed by atoms with Gasteiger partial charge in [-0.1, -0.05) is 31.2 Å². The molecule has 1 saturated heterocycles. The van der Waals surface area contributed by atoms with Crippen LogP contribution in [0, 0.1) is 5.82 Å². The molecule has 0 radical (unpaired) electrons. The lowest BCUT2D eigenvalue weighted by Crippen LogP contribution is -2.48. The predicted octanol–water partition coefficient (Wildman–Crippen LogP) is 2.81. The summed E-state index contributed by atoms with van der Waals surface area (Å²) in [7, 11) is 0. The molecule has 168 valence electrons. The van der Waals surface area contributed by atoms with Crippen LogP contribution in [0.25, 0.3) is 10.8 Å². The Hall–Kier alpha value is -3.26. The van der Waals surface area contributed by atoms with Crippen LogP contribution in [0.15, 0.2) is 47.3 Å². The summed E-state index contributed by atoms with van der Waals surface area (Å²) in [6.45, 7) is 3.50. The number of H-pyrrole nitrogens is 1. The van der Waals surface area contributed by atoms with Crippen LogP contribution < -0.4 is 5.56 Å². The van der Waals surface area contributed by atoms with E-state index in [9.17, 15) is 18.8 Å². The van der Waals surface area contributed by atoms with Gasteiger partial charge in [-0.2, -0.15) is 5.10 Å². The molecule has 1 fully saturated rings. The highest BCUT2D eigenvalue weighted by Gasteiger charge is 2.24. The van der Waals surface area contributed by atoms with Gasteiger partial charge >= 0.3 is 0 Å². The zero-order valence-corrected chi connectivity index (χ0v) is 18.4. The van der Waals surface area contributed by atoms with Crippen LogP contribution in [-0.2, 0) is 11.2 Å². The summed E-state index contributed by atoms with van der Waals surface area (Å²) in [6.07, 6.45) is 1.10. The van der Waals surface area contributed by atoms with Crippen molar-refractivity contribution in [3.63, 3.8) is 0 Å². The molecule has 1 aliphatic heterocycles. The molecule has 9 heteroatoms. The maximum atomic E-state index is 14.4. The highest BCUT2D eigenvalue weighted by Crippen LogP contribution is 2.20. The lowest BCUT2D eigenvalue weighted by molar-refractivity contribution is -0.119. The first kappa shape index (κ1) is 23.4. The fourth-order valence-corrected chi connectivity index (χ4v) is 3.55. The number of nitrogens with one attached hydrogen (secondary N) is 1. The summed E-state index contributed by atoms with van der Waals surface area (Å²) in [4.78, 5) is 38.7. The highest BCUT2D eigenvalue weighted by molar-refractivity contribution is 6.17. The standard InChI is InChI=1S/C21H19FN4O3.C2H5Cl/c22-18-6-5-14(11-17(18)21(29)26-9-7-25(13-27)8-10-26)12-19-15-3-1-2-4-16(15)20(28)24-23-19;1-2-3/h1-6,11,13H,7-10,12H2,(H,24,28);2H2,1H3. The van der Waals surface area contributed by atoms with E-state index in [-0.39, 0.29) is 11.1 Å². The van der Waals surface area contributed by atoms with Crippen molar-refractivity contribution in [2.24, 2.45) is 0 Å². The van der Waals surface area contributed by atoms with Gasteiger partial charge < -0.3 is 9.80 Å². The number of hydrogen-bond acceptors (Lipinski definition) is 4. The highest BCUT2D eigenvalue weighted by atomic mass is 35.5. The Bertz CT molecular complexity index is 1160. The zero-order chi connectivity index (χ0) is 23.1. The van der Waals surface area contributed by atoms with E-state index >= 15 is 0 Å². The predicted molar refractivity (Wildman–Crippen MR) is 122 cm³/mol. The zero-order valence-electron chi connectivity index (χ0n) is 17.7. The van der Waals surface area contributed by atoms with Crippen LogP contribution in [0.3, 0.4) is 0 Å². The van der Waals surface area contributed by atoms with E-state index < -0.39 is 11.7 Å². The molecular formula is C23H24ClFN4O3. The minimum atomic E-state index is -0.587. The SMILES string of the molecule is CCCl.O=CN1CCN(C(=O)c2cc(Cc3n[nH]c(=O)c4ccccc34)ccc2F)CC1. The number of nitrogens with zero attached hydrogens (tertiary/aromatic N) is 3. The van der Waals surface area contributed by atoms with Gasteiger partial charge in [0.1, 0.15) is 5.82 Å². The average Bonchev–Trinajstić information content (AvgIpc) is 2.82. The van der Waals surface area contributed by atoms with E-state index in [1.165, 1.54) is 12.1 Å². The summed E-state index contributed by atoms with van der Waals surface area (Å²) in [5.74, 6) is -0.259. The van der Waals surface area contributed by atoms with Gasteiger partial charge in [0.15, 0.2) is 0 Å². The number of carbonyl (C=O) groups excluding carboxylic acids is 2. The van der Waals surface area contributed by atoms with Gasteiger partial charge in [-0.15, -0.1) is 11.6 Å². The van der Waals surface area contributed by atoms with Gasteiger partial charge in [0, 0.05) is 43.9 Å². The normalized spacial score (nSPS) is 13.5. The van der Waals surface area contributed by atoms with Crippen LogP contribution in [0.4, 0.5) is 4.39 Å². The smallest absolute Gasteiger partial charge is 0.272 e. The fraction of sp³-hybridized carbons (Fsp3) is 0.304. The second kappa shape index (κ2) is 10.9. The second-order valence-corrected chi connectivity index (χ2v) is 7.77. The summed E-state index contributed by atoms with van der Waals surface area (Å²) in [6, 6.07) is 11.6. The maximum Gasteiger partial charge on any atom is 0.272 e. The van der Waals surface area contributed by atoms with E-state index in [1.807, 2.05) is 19.1 Å². The van der Waals surface area contributed by atoms with Crippen molar-refractivity contribution in [1.82, 2.24) is 20.0 Å². The van der Waals surface area contributed by atoms with Crippen molar-refractivity contribution in [3.8, 4) is 0 Å². The number of benzene rings is 2. The van der Waals surface area contributed by atoms with Gasteiger partial charge in [-0.05, 0) is 23.8 Å². The second-order valence-electron chi connectivity index (χ2n) is 7.24. The van der Waals surface area contributed by atoms with Crippen LogP contribution in [0.5, 0.6) is 0 Å². The van der Waals surface area contributed by atoms with E-state index in [4.69, 9.17) is 11.6 Å². The summed E-state index contributed by atoms with van der Waals surface area (Å²) >= 11 is 5.00. The van der Waals surface area contributed by atoms with Gasteiger partial charge in [0.25, 0.3) is 11.5 Å². The Morgan fingerprint density at radius 1 is 1.16 bits per heavy atom. The van der Waals surface area contributed by atoms with Gasteiger partial charge in [-0.3, -0.25) is 14.4 Å². The molecule has 0 aliphatic carbocycles. The fourth-order valence-electron chi connectivity index (χ4n) is 3.55. The Labute approximate surface area is 189 Å². The van der Waals surface area contributed by atoms with Gasteiger partial charge in [0.2, 0.25) is 6.41 Å². The Morgan fingerprint density at radius 3 is 2.47 bits per heavy atom. The third-order valence-corrected chi connectivity index (χ3v) is 5.16. The molecule has 0 atom stereocenters. The summed E-state index contributed by atoms with van der Waals surface area (Å²) in [5.41, 5.74) is 1.08. The molecule has 1 N–H and O–H groups in total. The summed E-state index contributed by atoms with van der Waals surface area (Å²) in [5, 5.41) is 7.88. The molecule has 0 spiro atoms. The third-order valence-electron chi connectivity index (χ3n) is 5.16. The van der Waals surface area contributed by atoms with Crippen LogP contribution in [0.2, 0.25) is 0 Å². The molecule has 1 aliphatic rings. The van der Waals surface area contributed by atoms with Crippen molar-refractivity contribution in [2.75, 3.05) is 32.1 Å². The first-order chi connectivity index (χ1) is 15.5. The van der Waals surface area contributed by atoms with Gasteiger partial charge in [-0.25, -0.2) is 9.49 Å². The number of aromatic amines is 1. The van der Waals surface area contributed by atoms with Crippen molar-refractivity contribution < 1.29 is 14.0 Å². The largest absolute Gasteiger partial charge is 0.342 e. The van der Waals surface area contributed by atoms with Crippen molar-refractivity contribution in [2.45, 2.75) is 13.3 Å². The third kappa shape index (κ3) is 5.31. The minimum absolute atomic E-state index is 0.00390. The number of aromatic nitrogens is 2. The summed E-state index contributed by atoms with van der Waals surface area (Å²) < 4.78 is 14.4. The molecule has 2 heterocycles. The molecule has 0 bridgehead atoms. The van der Waals surface area contributed by atoms with E-state index in [0.717, 1.165) is 17.7 Å². The number of alkyl halides is 1. The van der Waals surface area contributed by atoms with E-state index in [0.29, 0.717) is 49.2 Å². The molecule has 4 rings (SSSR count). The minimum Gasteiger partial charge on any atom is -0.342 e. The first-order valence-electron chi connectivity index (χ1n) is 10.3. The molecule has 0 unspecified atom stereocenters. The molecule has 2 amide bonds. The van der Waals surface area contributed by atoms with Gasteiger partial charge in [0.05, 0.1) is 16.6 Å². The molecule has 3 aromatic rings. The topological polar surface area (TPSA) is 86.4 Å². The van der Waals surface area contributed by atoms with Crippen LogP contribution >= 0.6 is 11.6 Å². The Kier molecular flexibility index (Phi) is 7.94. The van der Waals surface area contributed by atoms with Crippen LogP contribution in [-0.4, -0.2) is 64.4 Å². The molecular weight excluding hydrogens is 435 g/mol. The number of carbonyl (C=O) groups is 2. The molecule has 0 saturated carbocycles. The van der Waals surface area contributed by atoms with Crippen LogP contribution in [0.1, 0.15) is 28.5 Å². The number of piperazine rings is 1. The Balaban J connectivity index is 0.000000913. The quantitative estimate of drug-likeness (QED) is 0.481. The number of hydrogen-bond donors (Lipinski definition) is 1. The number of fused-ring (bicyclic) bond motifs is 1.